The van der Waals surface area contributed by atoms with Crippen LogP contribution < -0.4 is 20.9 Å². The van der Waals surface area contributed by atoms with Crippen LogP contribution in [0.25, 0.3) is 0 Å². The van der Waals surface area contributed by atoms with Gasteiger partial charge in [0.05, 0.1) is 12.2 Å². The van der Waals surface area contributed by atoms with Gasteiger partial charge in [-0.1, -0.05) is 13.0 Å². The van der Waals surface area contributed by atoms with E-state index in [0.717, 1.165) is 70.2 Å². The zero-order chi connectivity index (χ0) is 22.9. The van der Waals surface area contributed by atoms with Gasteiger partial charge in [0.15, 0.2) is 5.96 Å². The summed E-state index contributed by atoms with van der Waals surface area (Å²) in [6.45, 7) is 9.60. The molecule has 0 bridgehead atoms. The van der Waals surface area contributed by atoms with E-state index in [9.17, 15) is 9.18 Å². The van der Waals surface area contributed by atoms with E-state index in [1.54, 1.807) is 20.2 Å². The van der Waals surface area contributed by atoms with Crippen LogP contribution >= 0.6 is 24.0 Å². The molecule has 0 saturated carbocycles. The van der Waals surface area contributed by atoms with E-state index >= 15 is 0 Å². The van der Waals surface area contributed by atoms with E-state index in [1.165, 1.54) is 0 Å². The lowest BCUT2D eigenvalue weighted by molar-refractivity contribution is -0.122. The van der Waals surface area contributed by atoms with E-state index in [-0.39, 0.29) is 35.7 Å². The van der Waals surface area contributed by atoms with Gasteiger partial charge in [-0.15, -0.1) is 24.0 Å². The maximum Gasteiger partial charge on any atom is 0.233 e. The Balaban J connectivity index is 0.00000385. The Bertz CT molecular complexity index is 778. The smallest absolute Gasteiger partial charge is 0.233 e. The molecule has 0 unspecified atom stereocenters. The lowest BCUT2D eigenvalue weighted by Gasteiger charge is -2.35. The van der Waals surface area contributed by atoms with Gasteiger partial charge in [-0.2, -0.15) is 0 Å². The quantitative estimate of drug-likeness (QED) is 0.260. The maximum absolute atomic E-state index is 14.8. The minimum atomic E-state index is -0.166. The number of guanidine groups is 1. The molecule has 2 fully saturated rings. The monoisotopic (exact) mass is 575 g/mol. The summed E-state index contributed by atoms with van der Waals surface area (Å²) in [6, 6.07) is 5.82. The first-order valence-electron chi connectivity index (χ1n) is 11.7. The Labute approximate surface area is 214 Å². The SMILES string of the molecule is CCN1CCN(c2ccc(CNC(=NC)NC3CCN(CC(=O)NC)CC3)cc2F)CC1.I. The Morgan fingerprint density at radius 1 is 1.12 bits per heavy atom. The standard InChI is InChI=1S/C23H38FN7O.HI/c1-4-29-11-13-31(14-12-29)21-6-5-18(15-20(21)24)16-27-23(26-3)28-19-7-9-30(10-8-19)17-22(32)25-2;/h5-6,15,19H,4,7-14,16-17H2,1-3H3,(H,25,32)(H2,26,27,28);1H. The third kappa shape index (κ3) is 8.25. The number of carbonyl (C=O) groups is 1. The Kier molecular flexibility index (Phi) is 11.6. The van der Waals surface area contributed by atoms with Crippen molar-refractivity contribution >= 4 is 41.5 Å². The van der Waals surface area contributed by atoms with E-state index in [1.807, 2.05) is 12.1 Å². The summed E-state index contributed by atoms with van der Waals surface area (Å²) in [5, 5.41) is 9.43. The largest absolute Gasteiger partial charge is 0.367 e. The second-order valence-corrected chi connectivity index (χ2v) is 8.50. The van der Waals surface area contributed by atoms with Crippen molar-refractivity contribution in [2.24, 2.45) is 4.99 Å². The molecule has 0 radical (unpaired) electrons. The van der Waals surface area contributed by atoms with Gasteiger partial charge >= 0.3 is 0 Å². The average Bonchev–Trinajstić information content (AvgIpc) is 2.83. The van der Waals surface area contributed by atoms with Crippen LogP contribution in [0.2, 0.25) is 0 Å². The molecule has 2 aliphatic heterocycles. The number of aliphatic imine (C=N–C) groups is 1. The number of carbonyl (C=O) groups excluding carboxylic acids is 1. The first-order valence-corrected chi connectivity index (χ1v) is 11.7. The molecule has 0 atom stereocenters. The number of likely N-dealkylation sites (tertiary alicyclic amines) is 1. The molecule has 10 heteroatoms. The van der Waals surface area contributed by atoms with Gasteiger partial charge in [-0.05, 0) is 37.1 Å². The van der Waals surface area contributed by atoms with Crippen LogP contribution in [0.15, 0.2) is 23.2 Å². The third-order valence-corrected chi connectivity index (χ3v) is 6.43. The summed E-state index contributed by atoms with van der Waals surface area (Å²) in [5.74, 6) is 0.603. The fourth-order valence-electron chi connectivity index (χ4n) is 4.31. The number of amides is 1. The summed E-state index contributed by atoms with van der Waals surface area (Å²) in [6.07, 6.45) is 1.90. The van der Waals surface area contributed by atoms with Crippen molar-refractivity contribution in [3.63, 3.8) is 0 Å². The maximum atomic E-state index is 14.8. The number of piperazine rings is 1. The van der Waals surface area contributed by atoms with Crippen molar-refractivity contribution in [2.45, 2.75) is 32.4 Å². The second-order valence-electron chi connectivity index (χ2n) is 8.50. The van der Waals surface area contributed by atoms with Crippen LogP contribution in [-0.2, 0) is 11.3 Å². The zero-order valence-corrected chi connectivity index (χ0v) is 22.4. The Morgan fingerprint density at radius 2 is 1.82 bits per heavy atom. The molecule has 8 nitrogen and oxygen atoms in total. The van der Waals surface area contributed by atoms with Crippen LogP contribution in [0.1, 0.15) is 25.3 Å². The zero-order valence-electron chi connectivity index (χ0n) is 20.1. The highest BCUT2D eigenvalue weighted by Gasteiger charge is 2.22. The summed E-state index contributed by atoms with van der Waals surface area (Å²) in [4.78, 5) is 22.5. The molecule has 2 saturated heterocycles. The molecule has 2 aliphatic rings. The van der Waals surface area contributed by atoms with Crippen LogP contribution in [0.4, 0.5) is 10.1 Å². The summed E-state index contributed by atoms with van der Waals surface area (Å²) in [5.41, 5.74) is 1.58. The third-order valence-electron chi connectivity index (χ3n) is 6.43. The molecule has 0 aromatic heterocycles. The van der Waals surface area contributed by atoms with Crippen molar-refractivity contribution < 1.29 is 9.18 Å². The first-order chi connectivity index (χ1) is 15.5. The summed E-state index contributed by atoms with van der Waals surface area (Å²) in [7, 11) is 3.41. The highest BCUT2D eigenvalue weighted by atomic mass is 127. The van der Waals surface area contributed by atoms with Gasteiger partial charge in [0.2, 0.25) is 5.91 Å². The van der Waals surface area contributed by atoms with E-state index in [0.29, 0.717) is 24.8 Å². The van der Waals surface area contributed by atoms with Crippen LogP contribution in [0, 0.1) is 5.82 Å². The number of benzene rings is 1. The van der Waals surface area contributed by atoms with Crippen LogP contribution in [-0.4, -0.2) is 94.2 Å². The molecule has 3 N–H and O–H groups in total. The number of anilines is 1. The molecule has 2 heterocycles. The normalized spacial score (nSPS) is 18.5. The van der Waals surface area contributed by atoms with Crippen molar-refractivity contribution in [3.05, 3.63) is 29.6 Å². The molecular weight excluding hydrogens is 536 g/mol. The number of hydrogen-bond donors (Lipinski definition) is 3. The minimum Gasteiger partial charge on any atom is -0.367 e. The van der Waals surface area contributed by atoms with Gasteiger partial charge in [0, 0.05) is 66.0 Å². The predicted octanol–water partition coefficient (Wildman–Crippen LogP) is 1.46. The van der Waals surface area contributed by atoms with Gasteiger partial charge in [-0.3, -0.25) is 14.7 Å². The fraction of sp³-hybridized carbons (Fsp3) is 0.652. The number of rotatable bonds is 7. The fourth-order valence-corrected chi connectivity index (χ4v) is 4.31. The highest BCUT2D eigenvalue weighted by molar-refractivity contribution is 14.0. The number of halogens is 2. The Hall–Kier alpha value is -1.66. The van der Waals surface area contributed by atoms with E-state index in [2.05, 4.69) is 42.6 Å². The number of piperidine rings is 1. The molecule has 0 spiro atoms. The van der Waals surface area contributed by atoms with Crippen LogP contribution in [0.5, 0.6) is 0 Å². The summed E-state index contributed by atoms with van der Waals surface area (Å²) >= 11 is 0. The molecular formula is C23H39FIN7O. The molecule has 33 heavy (non-hydrogen) atoms. The van der Waals surface area contributed by atoms with Crippen molar-refractivity contribution in [2.75, 3.05) is 71.4 Å². The molecule has 1 amide bonds. The lowest BCUT2D eigenvalue weighted by atomic mass is 10.1. The van der Waals surface area contributed by atoms with Crippen molar-refractivity contribution in [1.82, 2.24) is 25.8 Å². The number of nitrogens with zero attached hydrogens (tertiary/aromatic N) is 4. The van der Waals surface area contributed by atoms with Crippen molar-refractivity contribution in [1.29, 1.82) is 0 Å². The molecule has 1 aromatic rings. The lowest BCUT2D eigenvalue weighted by Crippen LogP contribution is -2.49. The minimum absolute atomic E-state index is 0. The second kappa shape index (κ2) is 13.9. The molecule has 3 rings (SSSR count). The highest BCUT2D eigenvalue weighted by Crippen LogP contribution is 2.22. The van der Waals surface area contributed by atoms with E-state index in [4.69, 9.17) is 0 Å². The number of hydrogen-bond acceptors (Lipinski definition) is 5. The van der Waals surface area contributed by atoms with Crippen molar-refractivity contribution in [3.8, 4) is 0 Å². The van der Waals surface area contributed by atoms with E-state index < -0.39 is 0 Å². The number of likely N-dealkylation sites (N-methyl/N-ethyl adjacent to an activating group) is 2. The van der Waals surface area contributed by atoms with Gasteiger partial charge in [0.1, 0.15) is 5.82 Å². The van der Waals surface area contributed by atoms with Gasteiger partial charge in [0.25, 0.3) is 0 Å². The topological polar surface area (TPSA) is 75.2 Å². The molecule has 1 aromatic carbocycles. The average molecular weight is 576 g/mol. The van der Waals surface area contributed by atoms with Crippen LogP contribution in [0.3, 0.4) is 0 Å². The summed E-state index contributed by atoms with van der Waals surface area (Å²) < 4.78 is 14.8. The predicted molar refractivity (Wildman–Crippen MR) is 143 cm³/mol. The first kappa shape index (κ1) is 27.6. The molecule has 186 valence electrons. The van der Waals surface area contributed by atoms with Gasteiger partial charge in [-0.25, -0.2) is 4.39 Å². The molecule has 0 aliphatic carbocycles. The Morgan fingerprint density at radius 3 is 2.39 bits per heavy atom. The number of nitrogens with one attached hydrogen (secondary N) is 3. The van der Waals surface area contributed by atoms with Gasteiger partial charge < -0.3 is 25.8 Å².